The molecule has 0 amide bonds. The van der Waals surface area contributed by atoms with Crippen LogP contribution in [0.15, 0.2) is 0 Å². The van der Waals surface area contributed by atoms with Crippen molar-refractivity contribution < 1.29 is 66.5 Å². The second-order valence-corrected chi connectivity index (χ2v) is 10.7. The Labute approximate surface area is 204 Å². The van der Waals surface area contributed by atoms with Crippen LogP contribution in [0.3, 0.4) is 0 Å². The summed E-state index contributed by atoms with van der Waals surface area (Å²) in [6, 6.07) is 0. The van der Waals surface area contributed by atoms with Crippen LogP contribution in [0.4, 0.5) is 0 Å². The number of nitrogens with zero attached hydrogens (tertiary/aromatic N) is 2. The largest absolute Gasteiger partial charge is 1.00 e. The topological polar surface area (TPSA) is 34.1 Å². The van der Waals surface area contributed by atoms with E-state index >= 15 is 0 Å². The lowest BCUT2D eigenvalue weighted by atomic mass is 10.1. The number of hydrogen-bond acceptors (Lipinski definition) is 4. The number of hydrogen-bond donors (Lipinski definition) is 0. The van der Waals surface area contributed by atoms with E-state index in [1.807, 2.05) is 0 Å². The molecule has 0 fully saturated rings. The van der Waals surface area contributed by atoms with E-state index in [0.717, 1.165) is 59.2 Å². The fourth-order valence-electron chi connectivity index (χ4n) is 1.90. The molecule has 0 bridgehead atoms. The molecular weight excluding hydrogens is 594 g/mol. The van der Waals surface area contributed by atoms with Crippen LogP contribution < -0.4 is 48.0 Å². The van der Waals surface area contributed by atoms with E-state index in [9.17, 15) is 9.59 Å². The van der Waals surface area contributed by atoms with Crippen molar-refractivity contribution in [2.75, 3.05) is 66.9 Å². The van der Waals surface area contributed by atoms with Crippen molar-refractivity contribution in [3.8, 4) is 0 Å². The normalized spacial score (nSPS) is 11.5. The summed E-state index contributed by atoms with van der Waals surface area (Å²) >= 11 is 2.94. The maximum absolute atomic E-state index is 11.8. The van der Waals surface area contributed by atoms with Crippen LogP contribution in [-0.2, 0) is 9.59 Å². The average Bonchev–Trinajstić information content (AvgIpc) is 2.39. The fourth-order valence-corrected chi connectivity index (χ4v) is 4.21. The molecule has 0 saturated carbocycles. The molecule has 0 saturated heterocycles. The summed E-state index contributed by atoms with van der Waals surface area (Å²) in [5.74, 6) is 1.81. The van der Waals surface area contributed by atoms with Gasteiger partial charge in [-0.15, -0.1) is 0 Å². The summed E-state index contributed by atoms with van der Waals surface area (Å²) in [4.78, 5) is 23.5. The molecule has 0 aliphatic carbocycles. The number of carbonyl (C=O) groups is 2. The quantitative estimate of drug-likeness (QED) is 0.126. The van der Waals surface area contributed by atoms with Gasteiger partial charge in [-0.1, -0.05) is 36.4 Å². The van der Waals surface area contributed by atoms with Crippen LogP contribution in [0.5, 0.6) is 0 Å². The van der Waals surface area contributed by atoms with Gasteiger partial charge in [0.1, 0.15) is 0 Å². The number of rotatable bonds is 13. The van der Waals surface area contributed by atoms with Gasteiger partial charge >= 0.3 is 0 Å². The Bertz CT molecular complexity index is 348. The number of quaternary nitrogens is 2. The highest BCUT2D eigenvalue weighted by Crippen LogP contribution is 2.14. The monoisotopic (exact) mass is 632 g/mol. The van der Waals surface area contributed by atoms with Crippen molar-refractivity contribution >= 4 is 33.8 Å². The molecule has 8 heteroatoms. The van der Waals surface area contributed by atoms with Crippen LogP contribution in [0.2, 0.25) is 0 Å². The van der Waals surface area contributed by atoms with Crippen molar-refractivity contribution in [2.45, 2.75) is 38.5 Å². The molecule has 4 nitrogen and oxygen atoms in total. The minimum Gasteiger partial charge on any atom is -1.00 e. The molecule has 0 aliphatic rings. The minimum absolute atomic E-state index is 0. The highest BCUT2D eigenvalue weighted by molar-refractivity contribution is 8.13. The molecule has 26 heavy (non-hydrogen) atoms. The van der Waals surface area contributed by atoms with Crippen molar-refractivity contribution in [1.29, 1.82) is 0 Å². The first-order valence-electron chi connectivity index (χ1n) is 8.92. The molecule has 0 aromatic rings. The van der Waals surface area contributed by atoms with Gasteiger partial charge in [0.2, 0.25) is 0 Å². The average molecular weight is 632 g/mol. The predicted molar refractivity (Wildman–Crippen MR) is 108 cm³/mol. The first kappa shape index (κ1) is 32.1. The van der Waals surface area contributed by atoms with E-state index in [2.05, 4.69) is 42.3 Å². The van der Waals surface area contributed by atoms with Gasteiger partial charge in [-0.3, -0.25) is 9.59 Å². The van der Waals surface area contributed by atoms with Gasteiger partial charge in [-0.25, -0.2) is 0 Å². The Kier molecular flexibility index (Phi) is 21.3. The maximum Gasteiger partial charge on any atom is 0.189 e. The van der Waals surface area contributed by atoms with E-state index in [0.29, 0.717) is 23.1 Å². The summed E-state index contributed by atoms with van der Waals surface area (Å²) < 4.78 is 1.81. The third-order valence-corrected chi connectivity index (χ3v) is 5.39. The summed E-state index contributed by atoms with van der Waals surface area (Å²) in [7, 11) is 12.9. The van der Waals surface area contributed by atoms with Crippen LogP contribution in [0.25, 0.3) is 0 Å². The van der Waals surface area contributed by atoms with Gasteiger partial charge in [0.25, 0.3) is 0 Å². The molecule has 0 aromatic heterocycles. The predicted octanol–water partition coefficient (Wildman–Crippen LogP) is -2.73. The fraction of sp³-hybridized carbons (Fsp3) is 0.889. The number of unbranched alkanes of at least 4 members (excludes halogenated alkanes) is 3. The van der Waals surface area contributed by atoms with Crippen LogP contribution in [0.1, 0.15) is 38.5 Å². The first-order chi connectivity index (χ1) is 11.0. The number of carbonyl (C=O) groups excluding carboxylic acids is 2. The summed E-state index contributed by atoms with van der Waals surface area (Å²) in [6.45, 7) is 2.04. The highest BCUT2D eigenvalue weighted by Gasteiger charge is 2.10. The lowest BCUT2D eigenvalue weighted by Crippen LogP contribution is -3.00. The Morgan fingerprint density at radius 1 is 0.615 bits per heavy atom. The van der Waals surface area contributed by atoms with Crippen LogP contribution in [0, 0.1) is 0 Å². The molecule has 0 spiro atoms. The molecule has 158 valence electrons. The second-order valence-electron chi connectivity index (χ2n) is 8.38. The van der Waals surface area contributed by atoms with E-state index in [1.165, 1.54) is 23.5 Å². The van der Waals surface area contributed by atoms with E-state index in [4.69, 9.17) is 0 Å². The van der Waals surface area contributed by atoms with Gasteiger partial charge in [-0.2, -0.15) is 0 Å². The third-order valence-electron chi connectivity index (χ3n) is 3.56. The lowest BCUT2D eigenvalue weighted by molar-refractivity contribution is -0.867. The zero-order chi connectivity index (χ0) is 18.6. The molecule has 0 rings (SSSR count). The summed E-state index contributed by atoms with van der Waals surface area (Å²) in [5.41, 5.74) is 0. The zero-order valence-corrected chi connectivity index (χ0v) is 23.3. The Balaban J connectivity index is -0.00000264. The van der Waals surface area contributed by atoms with Gasteiger partial charge in [-0.05, 0) is 12.8 Å². The smallest absolute Gasteiger partial charge is 0.189 e. The molecule has 0 N–H and O–H groups in total. The van der Waals surface area contributed by atoms with Crippen LogP contribution >= 0.6 is 23.5 Å². The number of halogens is 2. The molecule has 0 radical (unpaired) electrons. The van der Waals surface area contributed by atoms with Crippen molar-refractivity contribution in [3.63, 3.8) is 0 Å². The van der Waals surface area contributed by atoms with E-state index in [-0.39, 0.29) is 48.0 Å². The SMILES string of the molecule is C[N+](C)(C)CCSC(=O)CCCCCCC(=O)SCC[N+](C)(C)C.[I-].[I-]. The molecule has 0 aliphatic heterocycles. The minimum atomic E-state index is 0. The van der Waals surface area contributed by atoms with E-state index in [1.54, 1.807) is 0 Å². The summed E-state index contributed by atoms with van der Waals surface area (Å²) in [5, 5.41) is 0.630. The zero-order valence-electron chi connectivity index (χ0n) is 17.4. The Morgan fingerprint density at radius 3 is 1.19 bits per heavy atom. The van der Waals surface area contributed by atoms with E-state index < -0.39 is 0 Å². The van der Waals surface area contributed by atoms with Crippen molar-refractivity contribution in [3.05, 3.63) is 0 Å². The van der Waals surface area contributed by atoms with Gasteiger partial charge in [0.05, 0.1) is 66.9 Å². The van der Waals surface area contributed by atoms with Gasteiger partial charge in [0, 0.05) is 12.8 Å². The third kappa shape index (κ3) is 25.4. The summed E-state index contributed by atoms with van der Waals surface area (Å²) in [6.07, 6.45) is 5.37. The number of thioether (sulfide) groups is 2. The van der Waals surface area contributed by atoms with Crippen molar-refractivity contribution in [2.24, 2.45) is 0 Å². The second kappa shape index (κ2) is 17.3. The lowest BCUT2D eigenvalue weighted by Gasteiger charge is -2.23. The molecule has 0 aromatic carbocycles. The molecule has 0 unspecified atom stereocenters. The van der Waals surface area contributed by atoms with Crippen molar-refractivity contribution in [1.82, 2.24) is 0 Å². The van der Waals surface area contributed by atoms with Gasteiger partial charge < -0.3 is 56.9 Å². The standard InChI is InChI=1S/C18H38N2O2S2.2HI/c1-19(2,3)13-15-23-17(21)11-9-7-8-10-12-18(22)24-16-14-20(4,5)6;;/h7-16H2,1-6H3;2*1H/q+2;;/p-2. The molecule has 0 atom stereocenters. The Hall–Kier alpha value is 1.42. The molecular formula is C18H38I2N2O2S2. The van der Waals surface area contributed by atoms with Gasteiger partial charge in [0.15, 0.2) is 10.2 Å². The highest BCUT2D eigenvalue weighted by atomic mass is 127. The maximum atomic E-state index is 11.8. The Morgan fingerprint density at radius 2 is 0.923 bits per heavy atom. The van der Waals surface area contributed by atoms with Crippen LogP contribution in [-0.4, -0.2) is 86.1 Å². The first-order valence-corrected chi connectivity index (χ1v) is 10.9. The molecule has 0 heterocycles.